The fourth-order valence-corrected chi connectivity index (χ4v) is 4.71. The van der Waals surface area contributed by atoms with Gasteiger partial charge in [0.15, 0.2) is 0 Å². The summed E-state index contributed by atoms with van der Waals surface area (Å²) in [7, 11) is 0. The van der Waals surface area contributed by atoms with E-state index < -0.39 is 0 Å². The van der Waals surface area contributed by atoms with Gasteiger partial charge in [0, 0.05) is 24.0 Å². The van der Waals surface area contributed by atoms with Gasteiger partial charge >= 0.3 is 0 Å². The number of likely N-dealkylation sites (tertiary alicyclic amines) is 1. The highest BCUT2D eigenvalue weighted by Gasteiger charge is 2.28. The Bertz CT molecular complexity index is 910. The van der Waals surface area contributed by atoms with Crippen LogP contribution in [-0.4, -0.2) is 35.8 Å². The molecule has 154 valence electrons. The van der Waals surface area contributed by atoms with Crippen molar-refractivity contribution in [1.82, 2.24) is 10.2 Å². The maximum atomic E-state index is 13.2. The number of amides is 2. The van der Waals surface area contributed by atoms with Crippen LogP contribution in [0.1, 0.15) is 34.8 Å². The van der Waals surface area contributed by atoms with Crippen LogP contribution < -0.4 is 5.32 Å². The van der Waals surface area contributed by atoms with Gasteiger partial charge in [0.05, 0.1) is 12.3 Å². The minimum Gasteiger partial charge on any atom is -0.352 e. The molecular formula is C25H26N2O2S. The molecule has 3 aromatic rings. The Morgan fingerprint density at radius 2 is 1.50 bits per heavy atom. The fourth-order valence-electron chi connectivity index (χ4n) is 4.02. The third-order valence-corrected chi connectivity index (χ3v) is 6.50. The molecule has 1 saturated heterocycles. The van der Waals surface area contributed by atoms with E-state index in [1.165, 1.54) is 0 Å². The van der Waals surface area contributed by atoms with Gasteiger partial charge < -0.3 is 10.2 Å². The molecule has 1 aromatic heterocycles. The van der Waals surface area contributed by atoms with E-state index in [4.69, 9.17) is 0 Å². The summed E-state index contributed by atoms with van der Waals surface area (Å²) in [6.45, 7) is 1.38. The van der Waals surface area contributed by atoms with Crippen molar-refractivity contribution in [3.63, 3.8) is 0 Å². The van der Waals surface area contributed by atoms with Crippen molar-refractivity contribution in [3.8, 4) is 0 Å². The smallest absolute Gasteiger partial charge is 0.232 e. The summed E-state index contributed by atoms with van der Waals surface area (Å²) in [6.07, 6.45) is 2.05. The summed E-state index contributed by atoms with van der Waals surface area (Å²) in [5, 5.41) is 5.25. The normalized spacial score (nSPS) is 14.6. The van der Waals surface area contributed by atoms with Crippen molar-refractivity contribution >= 4 is 23.2 Å². The third kappa shape index (κ3) is 4.97. The Labute approximate surface area is 181 Å². The second-order valence-electron chi connectivity index (χ2n) is 7.67. The molecule has 0 bridgehead atoms. The molecule has 0 radical (unpaired) electrons. The van der Waals surface area contributed by atoms with Crippen LogP contribution in [0.5, 0.6) is 0 Å². The minimum atomic E-state index is -0.328. The molecule has 1 N–H and O–H groups in total. The van der Waals surface area contributed by atoms with Crippen molar-refractivity contribution in [2.75, 3.05) is 13.1 Å². The van der Waals surface area contributed by atoms with Crippen molar-refractivity contribution in [3.05, 3.63) is 94.2 Å². The first-order valence-corrected chi connectivity index (χ1v) is 11.3. The molecular weight excluding hydrogens is 392 g/mol. The fraction of sp³-hybridized carbons (Fsp3) is 0.280. The number of nitrogens with one attached hydrogen (secondary N) is 1. The molecule has 0 atom stereocenters. The molecule has 1 aliphatic rings. The van der Waals surface area contributed by atoms with Crippen LogP contribution >= 0.6 is 11.3 Å². The van der Waals surface area contributed by atoms with Crippen molar-refractivity contribution < 1.29 is 9.59 Å². The van der Waals surface area contributed by atoms with Gasteiger partial charge in [-0.3, -0.25) is 9.59 Å². The molecule has 0 spiro atoms. The Kier molecular flexibility index (Phi) is 6.60. The van der Waals surface area contributed by atoms with Crippen molar-refractivity contribution in [2.24, 2.45) is 0 Å². The van der Waals surface area contributed by atoms with Gasteiger partial charge in [0.2, 0.25) is 11.8 Å². The van der Waals surface area contributed by atoms with Gasteiger partial charge in [0.25, 0.3) is 0 Å². The van der Waals surface area contributed by atoms with E-state index in [0.29, 0.717) is 19.5 Å². The first-order chi connectivity index (χ1) is 14.7. The second kappa shape index (κ2) is 9.72. The monoisotopic (exact) mass is 418 g/mol. The summed E-state index contributed by atoms with van der Waals surface area (Å²) in [5.41, 5.74) is 1.98. The first-order valence-electron chi connectivity index (χ1n) is 10.4. The minimum absolute atomic E-state index is 0.0239. The summed E-state index contributed by atoms with van der Waals surface area (Å²) in [4.78, 5) is 28.8. The highest BCUT2D eigenvalue weighted by molar-refractivity contribution is 7.10. The predicted molar refractivity (Wildman–Crippen MR) is 120 cm³/mol. The number of hydrogen-bond acceptors (Lipinski definition) is 3. The van der Waals surface area contributed by atoms with E-state index in [2.05, 4.69) is 5.32 Å². The van der Waals surface area contributed by atoms with E-state index in [0.717, 1.165) is 28.8 Å². The van der Waals surface area contributed by atoms with Crippen LogP contribution in [0.25, 0.3) is 0 Å². The van der Waals surface area contributed by atoms with Crippen LogP contribution in [0.2, 0.25) is 0 Å². The van der Waals surface area contributed by atoms with Gasteiger partial charge in [-0.2, -0.15) is 0 Å². The lowest BCUT2D eigenvalue weighted by atomic mass is 9.90. The lowest BCUT2D eigenvalue weighted by Crippen LogP contribution is -2.48. The van der Waals surface area contributed by atoms with Crippen LogP contribution in [0.3, 0.4) is 0 Å². The largest absolute Gasteiger partial charge is 0.352 e. The lowest BCUT2D eigenvalue weighted by Gasteiger charge is -2.33. The highest BCUT2D eigenvalue weighted by Crippen LogP contribution is 2.25. The molecule has 2 heterocycles. The van der Waals surface area contributed by atoms with Gasteiger partial charge in [-0.05, 0) is 35.4 Å². The lowest BCUT2D eigenvalue weighted by molar-refractivity contribution is -0.131. The Hall–Kier alpha value is -2.92. The molecule has 0 aliphatic carbocycles. The van der Waals surface area contributed by atoms with Crippen LogP contribution in [-0.2, 0) is 16.0 Å². The standard InChI is InChI=1S/C25H26N2O2S/c28-23(18-22-12-7-17-30-22)27-15-13-21(14-16-27)26-25(29)24(19-8-3-1-4-9-19)20-10-5-2-6-11-20/h1-12,17,21,24H,13-16,18H2,(H,26,29). The summed E-state index contributed by atoms with van der Waals surface area (Å²) >= 11 is 1.62. The third-order valence-electron chi connectivity index (χ3n) is 5.63. The predicted octanol–water partition coefficient (Wildman–Crippen LogP) is 4.23. The average Bonchev–Trinajstić information content (AvgIpc) is 3.29. The molecule has 1 aliphatic heterocycles. The van der Waals surface area contributed by atoms with E-state index in [1.807, 2.05) is 83.1 Å². The number of piperidine rings is 1. The second-order valence-corrected chi connectivity index (χ2v) is 8.71. The van der Waals surface area contributed by atoms with Gasteiger partial charge in [-0.25, -0.2) is 0 Å². The number of thiophene rings is 1. The Morgan fingerprint density at radius 3 is 2.03 bits per heavy atom. The topological polar surface area (TPSA) is 49.4 Å². The summed E-state index contributed by atoms with van der Waals surface area (Å²) in [5.74, 6) is -0.129. The summed E-state index contributed by atoms with van der Waals surface area (Å²) < 4.78 is 0. The molecule has 0 saturated carbocycles. The molecule has 5 heteroatoms. The number of nitrogens with zero attached hydrogens (tertiary/aromatic N) is 1. The number of benzene rings is 2. The van der Waals surface area contributed by atoms with Crippen LogP contribution in [0.4, 0.5) is 0 Å². The van der Waals surface area contributed by atoms with Gasteiger partial charge in [-0.1, -0.05) is 66.7 Å². The van der Waals surface area contributed by atoms with Gasteiger partial charge in [0.1, 0.15) is 0 Å². The van der Waals surface area contributed by atoms with E-state index in [1.54, 1.807) is 11.3 Å². The number of carbonyl (C=O) groups is 2. The molecule has 2 amide bonds. The quantitative estimate of drug-likeness (QED) is 0.651. The van der Waals surface area contributed by atoms with Crippen molar-refractivity contribution in [2.45, 2.75) is 31.2 Å². The summed E-state index contributed by atoms with van der Waals surface area (Å²) in [6, 6.07) is 23.9. The maximum Gasteiger partial charge on any atom is 0.232 e. The molecule has 4 rings (SSSR count). The molecule has 0 unspecified atom stereocenters. The van der Waals surface area contributed by atoms with E-state index in [9.17, 15) is 9.59 Å². The maximum absolute atomic E-state index is 13.2. The van der Waals surface area contributed by atoms with Crippen LogP contribution in [0, 0.1) is 0 Å². The number of hydrogen-bond donors (Lipinski definition) is 1. The molecule has 30 heavy (non-hydrogen) atoms. The first kappa shape index (κ1) is 20.4. The molecule has 1 fully saturated rings. The Morgan fingerprint density at radius 1 is 0.900 bits per heavy atom. The van der Waals surface area contributed by atoms with Crippen LogP contribution in [0.15, 0.2) is 78.2 Å². The molecule has 2 aromatic carbocycles. The average molecular weight is 419 g/mol. The van der Waals surface area contributed by atoms with Gasteiger partial charge in [-0.15, -0.1) is 11.3 Å². The zero-order valence-electron chi connectivity index (χ0n) is 16.9. The number of rotatable bonds is 6. The van der Waals surface area contributed by atoms with E-state index in [-0.39, 0.29) is 23.8 Å². The zero-order valence-corrected chi connectivity index (χ0v) is 17.7. The number of carbonyl (C=O) groups excluding carboxylic acids is 2. The van der Waals surface area contributed by atoms with E-state index >= 15 is 0 Å². The highest BCUT2D eigenvalue weighted by atomic mass is 32.1. The van der Waals surface area contributed by atoms with Crippen molar-refractivity contribution in [1.29, 1.82) is 0 Å². The Balaban J connectivity index is 1.37. The zero-order chi connectivity index (χ0) is 20.8. The molecule has 4 nitrogen and oxygen atoms in total. The SMILES string of the molecule is O=C(NC1CCN(C(=O)Cc2cccs2)CC1)C(c1ccccc1)c1ccccc1.